The molecule has 5 rings (SSSR count). The van der Waals surface area contributed by atoms with E-state index in [1.54, 1.807) is 13.8 Å². The third-order valence-electron chi connectivity index (χ3n) is 10.6. The molecule has 3 aliphatic rings. The summed E-state index contributed by atoms with van der Waals surface area (Å²) in [7, 11) is 0. The van der Waals surface area contributed by atoms with Gasteiger partial charge in [0.25, 0.3) is 0 Å². The Bertz CT molecular complexity index is 1320. The van der Waals surface area contributed by atoms with Gasteiger partial charge in [-0.2, -0.15) is 0 Å². The van der Waals surface area contributed by atoms with Crippen LogP contribution in [0.25, 0.3) is 0 Å². The van der Waals surface area contributed by atoms with Gasteiger partial charge >= 0.3 is 11.9 Å². The van der Waals surface area contributed by atoms with E-state index < -0.39 is 11.9 Å². The molecule has 0 radical (unpaired) electrons. The molecule has 3 aliphatic carbocycles. The highest BCUT2D eigenvalue weighted by atomic mass is 16.6. The maximum absolute atomic E-state index is 11.4. The third kappa shape index (κ3) is 8.15. The molecule has 0 aliphatic heterocycles. The molecule has 8 heteroatoms. The van der Waals surface area contributed by atoms with Gasteiger partial charge in [0.05, 0.1) is 25.4 Å². The van der Waals surface area contributed by atoms with Crippen LogP contribution < -0.4 is 9.47 Å². The van der Waals surface area contributed by atoms with E-state index in [4.69, 9.17) is 28.4 Å². The van der Waals surface area contributed by atoms with Crippen LogP contribution in [0.2, 0.25) is 0 Å². The maximum Gasteiger partial charge on any atom is 0.330 e. The molecule has 2 aromatic carbocycles. The smallest absolute Gasteiger partial charge is 0.330 e. The zero-order chi connectivity index (χ0) is 34.3. The molecular weight excluding hydrogens is 608 g/mol. The number of carbonyl (C=O) groups excluding carboxylic acids is 2. The minimum absolute atomic E-state index is 0.143. The topological polar surface area (TPSA) is 89.5 Å². The molecule has 0 heterocycles. The summed E-state index contributed by atoms with van der Waals surface area (Å²) >= 11 is 0. The van der Waals surface area contributed by atoms with Gasteiger partial charge in [0.1, 0.15) is 36.9 Å². The van der Waals surface area contributed by atoms with Crippen LogP contribution in [0, 0.1) is 11.8 Å². The van der Waals surface area contributed by atoms with Crippen molar-refractivity contribution >= 4 is 11.9 Å². The van der Waals surface area contributed by atoms with Crippen molar-refractivity contribution in [2.24, 2.45) is 11.8 Å². The lowest BCUT2D eigenvalue weighted by molar-refractivity contribution is -0.147. The predicted octanol–water partition coefficient (Wildman–Crippen LogP) is 7.28. The van der Waals surface area contributed by atoms with Gasteiger partial charge in [-0.1, -0.05) is 37.4 Å². The van der Waals surface area contributed by atoms with E-state index in [9.17, 15) is 9.59 Å². The van der Waals surface area contributed by atoms with Gasteiger partial charge in [-0.15, -0.1) is 0 Å². The van der Waals surface area contributed by atoms with Crippen LogP contribution >= 0.6 is 0 Å². The third-order valence-corrected chi connectivity index (χ3v) is 10.6. The largest absolute Gasteiger partial charge is 0.491 e. The number of carbonyl (C=O) groups is 2. The van der Waals surface area contributed by atoms with Gasteiger partial charge in [-0.05, 0) is 124 Å². The molecule has 48 heavy (non-hydrogen) atoms. The van der Waals surface area contributed by atoms with Crippen LogP contribution in [0.5, 0.6) is 11.5 Å². The summed E-state index contributed by atoms with van der Waals surface area (Å²) in [5, 5.41) is 0. The summed E-state index contributed by atoms with van der Waals surface area (Å²) in [6.45, 7) is 15.8. The van der Waals surface area contributed by atoms with E-state index >= 15 is 0 Å². The van der Waals surface area contributed by atoms with Gasteiger partial charge in [-0.25, -0.2) is 9.59 Å². The van der Waals surface area contributed by atoms with E-state index in [1.807, 2.05) is 13.8 Å². The van der Waals surface area contributed by atoms with E-state index in [1.165, 1.54) is 49.7 Å². The fourth-order valence-electron chi connectivity index (χ4n) is 8.32. The van der Waals surface area contributed by atoms with Gasteiger partial charge in [0, 0.05) is 12.2 Å². The molecule has 0 spiro atoms. The highest BCUT2D eigenvalue weighted by molar-refractivity contribution is 5.81. The quantitative estimate of drug-likeness (QED) is 0.122. The second kappa shape index (κ2) is 15.7. The minimum Gasteiger partial charge on any atom is -0.491 e. The Morgan fingerprint density at radius 3 is 1.60 bits per heavy atom. The van der Waals surface area contributed by atoms with Crippen molar-refractivity contribution < 1.29 is 38.0 Å². The first-order valence-corrected chi connectivity index (χ1v) is 17.4. The molecule has 0 amide bonds. The summed E-state index contributed by atoms with van der Waals surface area (Å²) < 4.78 is 34.1. The van der Waals surface area contributed by atoms with Crippen molar-refractivity contribution in [1.82, 2.24) is 0 Å². The van der Waals surface area contributed by atoms with Crippen molar-refractivity contribution in [2.45, 2.75) is 101 Å². The lowest BCUT2D eigenvalue weighted by Gasteiger charge is -2.45. The average molecular weight is 661 g/mol. The first-order chi connectivity index (χ1) is 23.1. The van der Waals surface area contributed by atoms with Crippen molar-refractivity contribution in [3.63, 3.8) is 0 Å². The van der Waals surface area contributed by atoms with Crippen molar-refractivity contribution in [3.8, 4) is 11.5 Å². The monoisotopic (exact) mass is 660 g/mol. The maximum atomic E-state index is 11.4. The fraction of sp³-hybridized carbons (Fsp3) is 0.550. The highest BCUT2D eigenvalue weighted by Gasteiger charge is 2.63. The second-order valence-electron chi connectivity index (χ2n) is 14.1. The van der Waals surface area contributed by atoms with Crippen LogP contribution in [-0.2, 0) is 39.4 Å². The lowest BCUT2D eigenvalue weighted by atomic mass is 9.59. The van der Waals surface area contributed by atoms with Crippen LogP contribution in [0.4, 0.5) is 0 Å². The van der Waals surface area contributed by atoms with Crippen molar-refractivity contribution in [2.75, 3.05) is 26.4 Å². The Morgan fingerprint density at radius 2 is 1.12 bits per heavy atom. The molecule has 8 atom stereocenters. The summed E-state index contributed by atoms with van der Waals surface area (Å²) in [6, 6.07) is 17.6. The van der Waals surface area contributed by atoms with Crippen LogP contribution in [0.15, 0.2) is 73.8 Å². The Morgan fingerprint density at radius 1 is 0.667 bits per heavy atom. The van der Waals surface area contributed by atoms with Crippen LogP contribution in [0.1, 0.15) is 77.3 Å². The van der Waals surface area contributed by atoms with E-state index in [0.29, 0.717) is 38.3 Å². The molecule has 0 saturated heterocycles. The van der Waals surface area contributed by atoms with Gasteiger partial charge in [-0.3, -0.25) is 0 Å². The fourth-order valence-corrected chi connectivity index (χ4v) is 8.32. The van der Waals surface area contributed by atoms with E-state index in [2.05, 4.69) is 61.7 Å². The second-order valence-corrected chi connectivity index (χ2v) is 14.1. The molecule has 6 unspecified atom stereocenters. The van der Waals surface area contributed by atoms with Gasteiger partial charge in [0.2, 0.25) is 0 Å². The highest BCUT2D eigenvalue weighted by Crippen LogP contribution is 2.69. The Balaban J connectivity index is 1.15. The zero-order valence-corrected chi connectivity index (χ0v) is 29.0. The molecule has 0 aromatic heterocycles. The van der Waals surface area contributed by atoms with E-state index in [-0.39, 0.29) is 35.2 Å². The van der Waals surface area contributed by atoms with Crippen LogP contribution in [0.3, 0.4) is 0 Å². The predicted molar refractivity (Wildman–Crippen MR) is 184 cm³/mol. The molecule has 260 valence electrons. The minimum atomic E-state index is -0.449. The number of hydrogen-bond acceptors (Lipinski definition) is 8. The lowest BCUT2D eigenvalue weighted by Crippen LogP contribution is -2.39. The summed E-state index contributed by atoms with van der Waals surface area (Å²) in [4.78, 5) is 22.7. The van der Waals surface area contributed by atoms with Crippen molar-refractivity contribution in [3.05, 3.63) is 85.0 Å². The number of ether oxygens (including phenoxy) is 6. The average Bonchev–Trinajstić information content (AvgIpc) is 3.17. The summed E-state index contributed by atoms with van der Waals surface area (Å²) in [5.41, 5.74) is 3.27. The Kier molecular flexibility index (Phi) is 11.7. The molecule has 3 fully saturated rings. The Labute approximate surface area is 285 Å². The first-order valence-electron chi connectivity index (χ1n) is 17.4. The summed E-state index contributed by atoms with van der Waals surface area (Å²) in [5.74, 6) is 2.17. The Hall–Kier alpha value is -3.62. The normalized spacial score (nSPS) is 26.5. The number of benzene rings is 2. The standard InChI is InChI=1S/C40H52O8/c1-7-37(41)47-29(5)24-43-27(3)22-45-35-15-11-31(12-16-35)39-20-19-33-9-10-34(39)21-40(33,26-39)32-13-17-36(18-14-32)46-23-28(4)44-25-30(6)48-38(42)8-2/h7-8,11-18,27-30,33-34H,1-2,9-10,19-26H2,3-6H3/t27?,28?,29?,30?,33?,34?,39-,40-/m0/s1. The van der Waals surface area contributed by atoms with Gasteiger partial charge < -0.3 is 28.4 Å². The number of esters is 2. The van der Waals surface area contributed by atoms with Crippen molar-refractivity contribution in [1.29, 1.82) is 0 Å². The number of fused-ring (bicyclic) bond motifs is 3. The number of hydrogen-bond donors (Lipinski definition) is 0. The molecule has 3 bridgehead atoms. The molecule has 2 aromatic rings. The van der Waals surface area contributed by atoms with Gasteiger partial charge in [0.15, 0.2) is 0 Å². The first kappa shape index (κ1) is 35.7. The van der Waals surface area contributed by atoms with Crippen LogP contribution in [-0.4, -0.2) is 62.8 Å². The molecular formula is C40H52O8. The van der Waals surface area contributed by atoms with E-state index in [0.717, 1.165) is 23.7 Å². The zero-order valence-electron chi connectivity index (χ0n) is 29.0. The molecule has 3 saturated carbocycles. The summed E-state index contributed by atoms with van der Waals surface area (Å²) in [6.07, 6.45) is 8.86. The molecule has 8 nitrogen and oxygen atoms in total. The molecule has 0 N–H and O–H groups in total. The number of rotatable bonds is 18. The SMILES string of the molecule is C=CC(=O)OC(C)COC(C)COc1ccc([C@@]23CCC4CCC2C[C@@]4(c2ccc(OCC(C)OCC(C)OC(=O)C=C)cc2)C3)cc1.